The van der Waals surface area contributed by atoms with E-state index in [1.165, 1.54) is 6.21 Å². The molecule has 0 amide bonds. The summed E-state index contributed by atoms with van der Waals surface area (Å²) in [4.78, 5) is 0. The minimum atomic E-state index is -0.753. The predicted molar refractivity (Wildman–Crippen MR) is 65.0 cm³/mol. The molecule has 2 rings (SSSR count). The van der Waals surface area contributed by atoms with E-state index in [2.05, 4.69) is 0 Å². The third-order valence-electron chi connectivity index (χ3n) is 2.36. The Kier molecular flexibility index (Phi) is 2.88. The highest BCUT2D eigenvalue weighted by atomic mass is 16.5. The molecule has 2 aromatic carbocycles. The van der Waals surface area contributed by atoms with Crippen LogP contribution in [0.4, 0.5) is 5.69 Å². The van der Waals surface area contributed by atoms with Crippen LogP contribution in [-0.4, -0.2) is 22.2 Å². The van der Waals surface area contributed by atoms with E-state index in [9.17, 15) is 5.21 Å². The second-order valence-corrected chi connectivity index (χ2v) is 3.71. The van der Waals surface area contributed by atoms with Gasteiger partial charge in [0.15, 0.2) is 6.21 Å². The summed E-state index contributed by atoms with van der Waals surface area (Å²) in [5.74, 6) is 0. The van der Waals surface area contributed by atoms with Crippen molar-refractivity contribution in [3.05, 3.63) is 47.7 Å². The van der Waals surface area contributed by atoms with Crippen LogP contribution in [0.25, 0.3) is 10.8 Å². The molecule has 0 radical (unpaired) electrons. The van der Waals surface area contributed by atoms with Crippen LogP contribution in [0.15, 0.2) is 42.5 Å². The Bertz CT molecular complexity index is 527. The van der Waals surface area contributed by atoms with Gasteiger partial charge in [-0.1, -0.05) is 30.3 Å². The first kappa shape index (κ1) is 10.6. The molecule has 0 saturated heterocycles. The van der Waals surface area contributed by atoms with Gasteiger partial charge >= 0.3 is 0 Å². The number of rotatable bonds is 2. The zero-order chi connectivity index (χ0) is 11.5. The van der Waals surface area contributed by atoms with Crippen molar-refractivity contribution in [2.75, 3.05) is 0 Å². The Balaban J connectivity index is 2.61. The lowest BCUT2D eigenvalue weighted by atomic mass is 10.1. The fourth-order valence-electron chi connectivity index (χ4n) is 1.68. The van der Waals surface area contributed by atoms with Crippen LogP contribution in [0, 0.1) is 5.21 Å². The highest BCUT2D eigenvalue weighted by Gasteiger charge is 2.07. The summed E-state index contributed by atoms with van der Waals surface area (Å²) >= 11 is 0. The van der Waals surface area contributed by atoms with Gasteiger partial charge in [0.2, 0.25) is 5.69 Å². The Morgan fingerprint density at radius 3 is 2.62 bits per heavy atom. The third kappa shape index (κ3) is 2.04. The second kappa shape index (κ2) is 4.33. The van der Waals surface area contributed by atoms with Crippen LogP contribution in [-0.2, 0) is 0 Å². The van der Waals surface area contributed by atoms with E-state index in [1.807, 2.05) is 36.4 Å². The van der Waals surface area contributed by atoms with Gasteiger partial charge < -0.3 is 10.3 Å². The molecule has 0 aliphatic heterocycles. The molecular weight excluding hydrogens is 202 g/mol. The van der Waals surface area contributed by atoms with Crippen molar-refractivity contribution in [1.82, 2.24) is 0 Å². The van der Waals surface area contributed by atoms with Gasteiger partial charge in [0.1, 0.15) is 6.10 Å². The van der Waals surface area contributed by atoms with Crippen molar-refractivity contribution in [1.29, 1.82) is 0 Å². The van der Waals surface area contributed by atoms with Crippen molar-refractivity contribution in [3.8, 4) is 0 Å². The maximum absolute atomic E-state index is 11.8. The molecular formula is C13H13NO2. The fourth-order valence-corrected chi connectivity index (χ4v) is 1.68. The molecule has 3 nitrogen and oxygen atoms in total. The summed E-state index contributed by atoms with van der Waals surface area (Å²) in [7, 11) is 0. The zero-order valence-corrected chi connectivity index (χ0v) is 9.00. The maximum Gasteiger partial charge on any atom is 0.224 e. The van der Waals surface area contributed by atoms with Crippen LogP contribution in [0.1, 0.15) is 6.92 Å². The van der Waals surface area contributed by atoms with E-state index >= 15 is 0 Å². The van der Waals surface area contributed by atoms with Gasteiger partial charge in [-0.05, 0) is 18.4 Å². The molecule has 1 N–H and O–H groups in total. The predicted octanol–water partition coefficient (Wildman–Crippen LogP) is 2.43. The van der Waals surface area contributed by atoms with Gasteiger partial charge in [-0.15, -0.1) is 0 Å². The molecule has 0 saturated carbocycles. The van der Waals surface area contributed by atoms with Gasteiger partial charge in [-0.25, -0.2) is 0 Å². The monoisotopic (exact) mass is 215 g/mol. The number of aliphatic hydroxyl groups is 1. The third-order valence-corrected chi connectivity index (χ3v) is 2.36. The summed E-state index contributed by atoms with van der Waals surface area (Å²) in [5, 5.41) is 22.8. The van der Waals surface area contributed by atoms with E-state index in [0.29, 0.717) is 10.4 Å². The average Bonchev–Trinajstić information content (AvgIpc) is 2.27. The van der Waals surface area contributed by atoms with Crippen molar-refractivity contribution in [2.45, 2.75) is 13.0 Å². The second-order valence-electron chi connectivity index (χ2n) is 3.71. The van der Waals surface area contributed by atoms with Gasteiger partial charge in [0, 0.05) is 6.07 Å². The number of benzene rings is 2. The van der Waals surface area contributed by atoms with Crippen LogP contribution < -0.4 is 0 Å². The first-order valence-corrected chi connectivity index (χ1v) is 5.15. The summed E-state index contributed by atoms with van der Waals surface area (Å²) in [6, 6.07) is 13.2. The van der Waals surface area contributed by atoms with E-state index in [1.54, 1.807) is 13.0 Å². The molecule has 0 aliphatic rings. The van der Waals surface area contributed by atoms with E-state index in [-0.39, 0.29) is 0 Å². The van der Waals surface area contributed by atoms with Crippen molar-refractivity contribution >= 4 is 22.7 Å². The van der Waals surface area contributed by atoms with Gasteiger partial charge in [0.25, 0.3) is 0 Å². The molecule has 3 heteroatoms. The minimum absolute atomic E-state index is 0.555. The Labute approximate surface area is 93.9 Å². The first-order chi connectivity index (χ1) is 7.68. The van der Waals surface area contributed by atoms with Crippen LogP contribution in [0.2, 0.25) is 0 Å². The maximum atomic E-state index is 11.8. The van der Waals surface area contributed by atoms with Crippen molar-refractivity contribution in [2.24, 2.45) is 0 Å². The molecule has 0 heterocycles. The average molecular weight is 215 g/mol. The Morgan fingerprint density at radius 1 is 1.19 bits per heavy atom. The fraction of sp³-hybridized carbons (Fsp3) is 0.154. The number of aliphatic hydroxyl groups excluding tert-OH is 1. The van der Waals surface area contributed by atoms with Crippen LogP contribution >= 0.6 is 0 Å². The summed E-state index contributed by atoms with van der Waals surface area (Å²) in [6.07, 6.45) is 0.485. The lowest BCUT2D eigenvalue weighted by molar-refractivity contribution is -0.356. The number of hydrogen-bond acceptors (Lipinski definition) is 2. The summed E-state index contributed by atoms with van der Waals surface area (Å²) in [5.41, 5.74) is 0.555. The molecule has 0 aliphatic carbocycles. The molecule has 0 bridgehead atoms. The summed E-state index contributed by atoms with van der Waals surface area (Å²) in [6.45, 7) is 1.55. The van der Waals surface area contributed by atoms with Crippen molar-refractivity contribution < 1.29 is 9.85 Å². The Hall–Kier alpha value is -1.87. The Morgan fingerprint density at radius 2 is 1.88 bits per heavy atom. The van der Waals surface area contributed by atoms with E-state index in [0.717, 1.165) is 10.8 Å². The molecule has 0 aromatic heterocycles. The smallest absolute Gasteiger partial charge is 0.224 e. The van der Waals surface area contributed by atoms with Crippen LogP contribution in [0.5, 0.6) is 0 Å². The quantitative estimate of drug-likeness (QED) is 0.362. The molecule has 16 heavy (non-hydrogen) atoms. The topological polar surface area (TPSA) is 46.3 Å². The van der Waals surface area contributed by atoms with Gasteiger partial charge in [-0.3, -0.25) is 0 Å². The normalized spacial score (nSPS) is 14.0. The molecule has 0 spiro atoms. The molecule has 82 valence electrons. The standard InChI is InChI=1S/C13H13NO2/c1-10(15)9-14(16)13-8-4-6-11-5-2-3-7-12(11)13/h2-10,15H,1H3. The molecule has 0 fully saturated rings. The SMILES string of the molecule is CC(O)C=[N+]([O-])c1cccc2ccccc12. The molecule has 2 aromatic rings. The minimum Gasteiger partial charge on any atom is -0.618 e. The zero-order valence-electron chi connectivity index (χ0n) is 9.00. The van der Waals surface area contributed by atoms with Crippen molar-refractivity contribution in [3.63, 3.8) is 0 Å². The van der Waals surface area contributed by atoms with Gasteiger partial charge in [0.05, 0.1) is 5.39 Å². The molecule has 1 unspecified atom stereocenters. The lowest BCUT2D eigenvalue weighted by Crippen LogP contribution is -2.09. The van der Waals surface area contributed by atoms with Crippen LogP contribution in [0.3, 0.4) is 0 Å². The number of nitrogens with zero attached hydrogens (tertiary/aromatic N) is 1. The van der Waals surface area contributed by atoms with Gasteiger partial charge in [-0.2, -0.15) is 4.74 Å². The number of hydrogen-bond donors (Lipinski definition) is 1. The highest BCUT2D eigenvalue weighted by Crippen LogP contribution is 2.24. The lowest BCUT2D eigenvalue weighted by Gasteiger charge is -2.07. The van der Waals surface area contributed by atoms with E-state index in [4.69, 9.17) is 5.11 Å². The summed E-state index contributed by atoms with van der Waals surface area (Å²) < 4.78 is 0.715. The first-order valence-electron chi connectivity index (χ1n) is 5.15. The van der Waals surface area contributed by atoms with E-state index < -0.39 is 6.10 Å². The molecule has 1 atom stereocenters. The number of fused-ring (bicyclic) bond motifs is 1. The largest absolute Gasteiger partial charge is 0.618 e. The highest BCUT2D eigenvalue weighted by molar-refractivity contribution is 5.91.